The maximum Gasteiger partial charge on any atom is 0.222 e. The third-order valence-electron chi connectivity index (χ3n) is 5.54. The molecule has 3 aromatic rings. The minimum absolute atomic E-state index is 0.00940. The van der Waals surface area contributed by atoms with Gasteiger partial charge in [0.1, 0.15) is 23.2 Å². The molecule has 0 saturated carbocycles. The number of benzene rings is 1. The second kappa shape index (κ2) is 9.68. The molecular formula is C22H23ClFN5O3S. The van der Waals surface area contributed by atoms with Gasteiger partial charge >= 0.3 is 0 Å². The van der Waals surface area contributed by atoms with Crippen molar-refractivity contribution in [2.45, 2.75) is 32.6 Å². The van der Waals surface area contributed by atoms with Crippen LogP contribution in [-0.4, -0.2) is 53.4 Å². The number of thiophene rings is 1. The molecule has 174 valence electrons. The Morgan fingerprint density at radius 2 is 2.09 bits per heavy atom. The first-order chi connectivity index (χ1) is 15.8. The predicted octanol–water partition coefficient (Wildman–Crippen LogP) is 3.76. The lowest BCUT2D eigenvalue weighted by atomic mass is 9.99. The van der Waals surface area contributed by atoms with Gasteiger partial charge in [0, 0.05) is 35.2 Å². The number of nitrogens with one attached hydrogen (secondary N) is 1. The fourth-order valence-corrected chi connectivity index (χ4v) is 4.99. The number of hydrogen-bond acceptors (Lipinski definition) is 7. The summed E-state index contributed by atoms with van der Waals surface area (Å²) in [6.45, 7) is 4.15. The average Bonchev–Trinajstić information content (AvgIpc) is 3.34. The van der Waals surface area contributed by atoms with Crippen molar-refractivity contribution in [2.75, 3.05) is 20.8 Å². The lowest BCUT2D eigenvalue weighted by Gasteiger charge is -2.16. The van der Waals surface area contributed by atoms with Gasteiger partial charge in [-0.3, -0.25) is 14.4 Å². The Morgan fingerprint density at radius 1 is 1.33 bits per heavy atom. The van der Waals surface area contributed by atoms with Gasteiger partial charge in [0.25, 0.3) is 0 Å². The monoisotopic (exact) mass is 491 g/mol. The van der Waals surface area contributed by atoms with Gasteiger partial charge in [-0.25, -0.2) is 4.39 Å². The van der Waals surface area contributed by atoms with E-state index in [1.807, 2.05) is 18.4 Å². The van der Waals surface area contributed by atoms with E-state index in [9.17, 15) is 4.79 Å². The highest BCUT2D eigenvalue weighted by molar-refractivity contribution is 7.15. The molecule has 0 radical (unpaired) electrons. The normalized spacial score (nSPS) is 15.1. The second-order valence-corrected chi connectivity index (χ2v) is 9.19. The number of aliphatic imine (C=N–C) groups is 1. The van der Waals surface area contributed by atoms with Gasteiger partial charge in [-0.15, -0.1) is 21.5 Å². The highest BCUT2D eigenvalue weighted by Gasteiger charge is 2.32. The summed E-state index contributed by atoms with van der Waals surface area (Å²) >= 11 is 7.53. The fraction of sp³-hybridized carbons (Fsp3) is 0.364. The molecule has 1 aromatic carbocycles. The van der Waals surface area contributed by atoms with Gasteiger partial charge in [-0.1, -0.05) is 11.6 Å². The van der Waals surface area contributed by atoms with Crippen LogP contribution in [0.1, 0.15) is 39.9 Å². The van der Waals surface area contributed by atoms with Crippen LogP contribution < -0.4 is 5.32 Å². The molecule has 1 aliphatic heterocycles. The maximum absolute atomic E-state index is 15.0. The maximum atomic E-state index is 15.0. The van der Waals surface area contributed by atoms with Crippen LogP contribution in [0, 0.1) is 19.7 Å². The molecule has 2 aromatic heterocycles. The smallest absolute Gasteiger partial charge is 0.222 e. The van der Waals surface area contributed by atoms with Gasteiger partial charge in [0.05, 0.1) is 18.7 Å². The molecule has 11 heteroatoms. The van der Waals surface area contributed by atoms with Crippen LogP contribution in [-0.2, 0) is 14.3 Å². The van der Waals surface area contributed by atoms with Crippen LogP contribution in [0.5, 0.6) is 0 Å². The minimum Gasteiger partial charge on any atom is -0.354 e. The number of methoxy groups -OCH3 is 2. The number of carbonyl (C=O) groups is 1. The lowest BCUT2D eigenvalue weighted by Crippen LogP contribution is -2.34. The van der Waals surface area contributed by atoms with Gasteiger partial charge < -0.3 is 14.8 Å². The van der Waals surface area contributed by atoms with Crippen LogP contribution in [0.2, 0.25) is 5.02 Å². The Kier molecular flexibility index (Phi) is 6.89. The molecule has 1 aliphatic rings. The summed E-state index contributed by atoms with van der Waals surface area (Å²) in [4.78, 5) is 18.7. The second-order valence-electron chi connectivity index (χ2n) is 7.55. The molecule has 3 heterocycles. The number of aryl methyl sites for hydroxylation is 1. The lowest BCUT2D eigenvalue weighted by molar-refractivity contribution is -0.127. The zero-order chi connectivity index (χ0) is 23.7. The van der Waals surface area contributed by atoms with Crippen molar-refractivity contribution in [2.24, 2.45) is 4.99 Å². The first kappa shape index (κ1) is 23.5. The molecule has 1 atom stereocenters. The summed E-state index contributed by atoms with van der Waals surface area (Å²) in [5, 5.41) is 12.2. The number of aromatic nitrogens is 3. The van der Waals surface area contributed by atoms with E-state index in [0.29, 0.717) is 22.1 Å². The molecule has 1 N–H and O–H groups in total. The minimum atomic E-state index is -0.680. The molecule has 8 nitrogen and oxygen atoms in total. The van der Waals surface area contributed by atoms with E-state index in [1.54, 1.807) is 29.8 Å². The molecule has 0 spiro atoms. The van der Waals surface area contributed by atoms with E-state index >= 15 is 4.39 Å². The average molecular weight is 492 g/mol. The van der Waals surface area contributed by atoms with E-state index in [4.69, 9.17) is 26.1 Å². The zero-order valence-electron chi connectivity index (χ0n) is 18.6. The van der Waals surface area contributed by atoms with Crippen LogP contribution in [0.25, 0.3) is 5.00 Å². The number of halogens is 2. The standard InChI is InChI=1S/C22H23ClFN5O3S/c1-11-12(2)33-22-19(11)20(14-6-5-13(23)7-15(14)24)27-16(21-28-26-10-29(21)22)8-17(30)25-9-18(31-3)32-4/h5-7,10,16,18H,8-9H2,1-4H3,(H,25,30). The number of fused-ring (bicyclic) bond motifs is 3. The quantitative estimate of drug-likeness (QED) is 0.508. The Hall–Kier alpha value is -2.66. The van der Waals surface area contributed by atoms with Crippen molar-refractivity contribution >= 4 is 34.6 Å². The van der Waals surface area contributed by atoms with Gasteiger partial charge in [0.15, 0.2) is 12.1 Å². The van der Waals surface area contributed by atoms with E-state index in [2.05, 4.69) is 15.5 Å². The molecule has 0 fully saturated rings. The number of amides is 1. The zero-order valence-corrected chi connectivity index (χ0v) is 20.1. The number of ether oxygens (including phenoxy) is 2. The Morgan fingerprint density at radius 3 is 2.79 bits per heavy atom. The highest BCUT2D eigenvalue weighted by Crippen LogP contribution is 2.39. The van der Waals surface area contributed by atoms with Gasteiger partial charge in [0.2, 0.25) is 5.91 Å². The third-order valence-corrected chi connectivity index (χ3v) is 6.98. The van der Waals surface area contributed by atoms with Crippen LogP contribution in [0.3, 0.4) is 0 Å². The topological polar surface area (TPSA) is 90.6 Å². The molecule has 33 heavy (non-hydrogen) atoms. The summed E-state index contributed by atoms with van der Waals surface area (Å²) in [6, 6.07) is 3.81. The molecule has 0 aliphatic carbocycles. The fourth-order valence-electron chi connectivity index (χ4n) is 3.69. The van der Waals surface area contributed by atoms with E-state index < -0.39 is 18.1 Å². The van der Waals surface area contributed by atoms with Crippen molar-refractivity contribution in [3.8, 4) is 5.00 Å². The number of carbonyl (C=O) groups excluding carboxylic acids is 1. The Balaban J connectivity index is 1.79. The third kappa shape index (κ3) is 4.56. The van der Waals surface area contributed by atoms with Gasteiger partial charge in [-0.05, 0) is 37.6 Å². The first-order valence-corrected chi connectivity index (χ1v) is 11.4. The summed E-state index contributed by atoms with van der Waals surface area (Å²) in [5.74, 6) is -0.252. The summed E-state index contributed by atoms with van der Waals surface area (Å²) < 4.78 is 27.1. The van der Waals surface area contributed by atoms with Crippen LogP contribution in [0.15, 0.2) is 29.5 Å². The van der Waals surface area contributed by atoms with Crippen molar-refractivity contribution in [1.29, 1.82) is 0 Å². The number of rotatable bonds is 7. The Bertz CT molecular complexity index is 1220. The van der Waals surface area contributed by atoms with Crippen LogP contribution >= 0.6 is 22.9 Å². The molecular weight excluding hydrogens is 469 g/mol. The Labute approximate surface area is 199 Å². The van der Waals surface area contributed by atoms with Crippen molar-refractivity contribution < 1.29 is 18.7 Å². The van der Waals surface area contributed by atoms with Crippen molar-refractivity contribution in [3.05, 3.63) is 62.8 Å². The van der Waals surface area contributed by atoms with Crippen molar-refractivity contribution in [1.82, 2.24) is 20.1 Å². The molecule has 1 unspecified atom stereocenters. The molecule has 0 saturated heterocycles. The SMILES string of the molecule is COC(CNC(=O)CC1N=C(c2ccc(Cl)cc2F)c2c(sc(C)c2C)-n2cnnc21)OC. The van der Waals surface area contributed by atoms with Crippen LogP contribution in [0.4, 0.5) is 4.39 Å². The van der Waals surface area contributed by atoms with E-state index in [0.717, 1.165) is 21.0 Å². The summed E-state index contributed by atoms with van der Waals surface area (Å²) in [5.41, 5.74) is 2.54. The van der Waals surface area contributed by atoms with Gasteiger partial charge in [-0.2, -0.15) is 0 Å². The largest absolute Gasteiger partial charge is 0.354 e. The van der Waals surface area contributed by atoms with E-state index in [-0.39, 0.29) is 18.9 Å². The highest BCUT2D eigenvalue weighted by atomic mass is 35.5. The first-order valence-electron chi connectivity index (χ1n) is 10.2. The van der Waals surface area contributed by atoms with Crippen molar-refractivity contribution in [3.63, 3.8) is 0 Å². The predicted molar refractivity (Wildman–Crippen MR) is 124 cm³/mol. The number of nitrogens with zero attached hydrogens (tertiary/aromatic N) is 4. The molecule has 1 amide bonds. The summed E-state index contributed by atoms with van der Waals surface area (Å²) in [7, 11) is 2.99. The number of hydrogen-bond donors (Lipinski definition) is 1. The van der Waals surface area contributed by atoms with E-state index in [1.165, 1.54) is 20.3 Å². The molecule has 4 rings (SSSR count). The summed E-state index contributed by atoms with van der Waals surface area (Å²) in [6.07, 6.45) is 1.02. The molecule has 0 bridgehead atoms.